The molecule has 0 saturated carbocycles. The third-order valence-corrected chi connectivity index (χ3v) is 3.68. The number of phenols is 1. The molecule has 0 aromatic heterocycles. The molecule has 0 heterocycles. The number of ether oxygens (including phenoxy) is 1. The van der Waals surface area contributed by atoms with Gasteiger partial charge in [0.1, 0.15) is 11.7 Å². The Hall–Kier alpha value is -3.37. The second-order valence-electron chi connectivity index (χ2n) is 5.06. The van der Waals surface area contributed by atoms with Crippen LogP contribution in [-0.2, 0) is 9.53 Å². The van der Waals surface area contributed by atoms with Gasteiger partial charge in [-0.2, -0.15) is 10.4 Å². The maximum Gasteiger partial charge on any atom is 0.355 e. The van der Waals surface area contributed by atoms with Crippen LogP contribution in [0.1, 0.15) is 21.8 Å². The van der Waals surface area contributed by atoms with Gasteiger partial charge in [-0.3, -0.25) is 4.79 Å². The number of carbonyl (C=O) groups excluding carboxylic acids is 2. The first-order chi connectivity index (χ1) is 12.5. The van der Waals surface area contributed by atoms with E-state index in [9.17, 15) is 20.0 Å². The SMILES string of the molecule is COC(=O)/C(=N/NC(=O)c1ccccc1O)C(C#N)c1ccc(Cl)cc1. The zero-order valence-electron chi connectivity index (χ0n) is 13.6. The lowest BCUT2D eigenvalue weighted by Crippen LogP contribution is -2.28. The Morgan fingerprint density at radius 3 is 2.46 bits per heavy atom. The van der Waals surface area contributed by atoms with E-state index in [1.807, 2.05) is 6.07 Å². The molecule has 1 atom stereocenters. The van der Waals surface area contributed by atoms with Gasteiger partial charge >= 0.3 is 5.97 Å². The van der Waals surface area contributed by atoms with Crippen LogP contribution in [0.2, 0.25) is 5.02 Å². The van der Waals surface area contributed by atoms with Crippen LogP contribution in [0, 0.1) is 11.3 Å². The van der Waals surface area contributed by atoms with Crippen molar-refractivity contribution in [3.63, 3.8) is 0 Å². The largest absolute Gasteiger partial charge is 0.507 e. The number of rotatable bonds is 5. The van der Waals surface area contributed by atoms with Crippen LogP contribution in [0.3, 0.4) is 0 Å². The van der Waals surface area contributed by atoms with Crippen molar-refractivity contribution < 1.29 is 19.4 Å². The maximum absolute atomic E-state index is 12.1. The molecule has 7 nitrogen and oxygen atoms in total. The van der Waals surface area contributed by atoms with Gasteiger partial charge in [-0.1, -0.05) is 35.9 Å². The fourth-order valence-corrected chi connectivity index (χ4v) is 2.24. The summed E-state index contributed by atoms with van der Waals surface area (Å²) >= 11 is 5.83. The number of benzene rings is 2. The summed E-state index contributed by atoms with van der Waals surface area (Å²) in [4.78, 5) is 24.2. The van der Waals surface area contributed by atoms with Crippen molar-refractivity contribution in [2.75, 3.05) is 7.11 Å². The van der Waals surface area contributed by atoms with Gasteiger partial charge in [-0.25, -0.2) is 10.2 Å². The Balaban J connectivity index is 2.34. The quantitative estimate of drug-likeness (QED) is 0.476. The first-order valence-corrected chi connectivity index (χ1v) is 7.75. The summed E-state index contributed by atoms with van der Waals surface area (Å²) in [6.07, 6.45) is 0. The number of para-hydroxylation sites is 1. The number of halogens is 1. The van der Waals surface area contributed by atoms with E-state index >= 15 is 0 Å². The summed E-state index contributed by atoms with van der Waals surface area (Å²) < 4.78 is 4.65. The third-order valence-electron chi connectivity index (χ3n) is 3.43. The number of nitriles is 1. The van der Waals surface area contributed by atoms with E-state index in [0.717, 1.165) is 7.11 Å². The number of phenolic OH excluding ortho intramolecular Hbond substituents is 1. The maximum atomic E-state index is 12.1. The van der Waals surface area contributed by atoms with E-state index in [2.05, 4.69) is 15.3 Å². The molecule has 0 saturated heterocycles. The molecule has 8 heteroatoms. The van der Waals surface area contributed by atoms with Crippen molar-refractivity contribution >= 4 is 29.2 Å². The normalized spacial score (nSPS) is 12.0. The summed E-state index contributed by atoms with van der Waals surface area (Å²) in [7, 11) is 1.14. The number of aromatic hydroxyl groups is 1. The molecule has 0 aliphatic carbocycles. The highest BCUT2D eigenvalue weighted by Crippen LogP contribution is 2.20. The van der Waals surface area contributed by atoms with Crippen molar-refractivity contribution in [2.45, 2.75) is 5.92 Å². The molecule has 0 radical (unpaired) electrons. The first-order valence-electron chi connectivity index (χ1n) is 7.37. The van der Waals surface area contributed by atoms with Crippen molar-refractivity contribution in [3.05, 3.63) is 64.7 Å². The van der Waals surface area contributed by atoms with E-state index in [1.54, 1.807) is 36.4 Å². The Labute approximate surface area is 154 Å². The topological polar surface area (TPSA) is 112 Å². The lowest BCUT2D eigenvalue weighted by Gasteiger charge is -2.12. The van der Waals surface area contributed by atoms with E-state index < -0.39 is 17.8 Å². The second kappa shape index (κ2) is 8.65. The summed E-state index contributed by atoms with van der Waals surface area (Å²) in [5.41, 5.74) is 2.29. The Morgan fingerprint density at radius 2 is 1.88 bits per heavy atom. The molecular weight excluding hydrogens is 358 g/mol. The average Bonchev–Trinajstić information content (AvgIpc) is 2.65. The van der Waals surface area contributed by atoms with E-state index in [-0.39, 0.29) is 17.0 Å². The van der Waals surface area contributed by atoms with Crippen molar-refractivity contribution in [1.29, 1.82) is 5.26 Å². The molecular formula is C18H14ClN3O4. The molecule has 1 unspecified atom stereocenters. The van der Waals surface area contributed by atoms with Crippen molar-refractivity contribution in [3.8, 4) is 11.8 Å². The summed E-state index contributed by atoms with van der Waals surface area (Å²) in [6.45, 7) is 0. The number of hydrazone groups is 1. The number of nitrogens with one attached hydrogen (secondary N) is 1. The number of carbonyl (C=O) groups is 2. The van der Waals surface area contributed by atoms with E-state index in [1.165, 1.54) is 12.1 Å². The number of hydrogen-bond donors (Lipinski definition) is 2. The van der Waals surface area contributed by atoms with Gasteiger partial charge in [0.2, 0.25) is 0 Å². The smallest absolute Gasteiger partial charge is 0.355 e. The van der Waals surface area contributed by atoms with Crippen LogP contribution in [0.25, 0.3) is 0 Å². The van der Waals surface area contributed by atoms with Crippen LogP contribution in [0.5, 0.6) is 5.75 Å². The minimum Gasteiger partial charge on any atom is -0.507 e. The molecule has 2 N–H and O–H groups in total. The Kier molecular flexibility index (Phi) is 6.31. The third kappa shape index (κ3) is 4.37. The molecule has 2 aromatic rings. The van der Waals surface area contributed by atoms with Crippen LogP contribution in [-0.4, -0.2) is 29.8 Å². The number of nitrogens with zero attached hydrogens (tertiary/aromatic N) is 2. The fraction of sp³-hybridized carbons (Fsp3) is 0.111. The van der Waals surface area contributed by atoms with Crippen molar-refractivity contribution in [2.24, 2.45) is 5.10 Å². The molecule has 0 aliphatic rings. The minimum absolute atomic E-state index is 0.0273. The Morgan fingerprint density at radius 1 is 1.23 bits per heavy atom. The zero-order chi connectivity index (χ0) is 19.1. The lowest BCUT2D eigenvalue weighted by atomic mass is 9.95. The zero-order valence-corrected chi connectivity index (χ0v) is 14.4. The highest BCUT2D eigenvalue weighted by atomic mass is 35.5. The summed E-state index contributed by atoms with van der Waals surface area (Å²) in [6, 6.07) is 14.1. The molecule has 132 valence electrons. The van der Waals surface area contributed by atoms with Crippen LogP contribution in [0.15, 0.2) is 53.6 Å². The fourth-order valence-electron chi connectivity index (χ4n) is 2.12. The van der Waals surface area contributed by atoms with E-state index in [0.29, 0.717) is 10.6 Å². The van der Waals surface area contributed by atoms with E-state index in [4.69, 9.17) is 11.6 Å². The van der Waals surface area contributed by atoms with Crippen LogP contribution < -0.4 is 5.43 Å². The number of amides is 1. The van der Waals surface area contributed by atoms with Gasteiger partial charge in [0, 0.05) is 5.02 Å². The molecule has 2 rings (SSSR count). The average molecular weight is 372 g/mol. The molecule has 2 aromatic carbocycles. The number of hydrogen-bond acceptors (Lipinski definition) is 6. The summed E-state index contributed by atoms with van der Waals surface area (Å²) in [5, 5.41) is 23.4. The van der Waals surface area contributed by atoms with Gasteiger partial charge in [0.05, 0.1) is 18.7 Å². The Bertz CT molecular complexity index is 888. The summed E-state index contributed by atoms with van der Waals surface area (Å²) in [5.74, 6) is -2.93. The molecule has 0 aliphatic heterocycles. The highest BCUT2D eigenvalue weighted by Gasteiger charge is 2.26. The van der Waals surface area contributed by atoms with Crippen LogP contribution >= 0.6 is 11.6 Å². The predicted octanol–water partition coefficient (Wildman–Crippen LogP) is 2.61. The predicted molar refractivity (Wildman–Crippen MR) is 94.8 cm³/mol. The van der Waals surface area contributed by atoms with Gasteiger partial charge in [-0.15, -0.1) is 0 Å². The monoisotopic (exact) mass is 371 g/mol. The van der Waals surface area contributed by atoms with Gasteiger partial charge in [0.15, 0.2) is 5.71 Å². The number of esters is 1. The lowest BCUT2D eigenvalue weighted by molar-refractivity contribution is -0.132. The second-order valence-corrected chi connectivity index (χ2v) is 5.50. The van der Waals surface area contributed by atoms with Crippen molar-refractivity contribution in [1.82, 2.24) is 5.43 Å². The molecule has 1 amide bonds. The standard InChI is InChI=1S/C18H14ClN3O4/c1-26-18(25)16(14(10-20)11-6-8-12(19)9-7-11)21-22-17(24)13-4-2-3-5-15(13)23/h2-9,14,23H,1H3,(H,22,24)/b21-16+. The molecule has 0 fully saturated rings. The van der Waals surface area contributed by atoms with Gasteiger partial charge in [0.25, 0.3) is 5.91 Å². The molecule has 0 bridgehead atoms. The van der Waals surface area contributed by atoms with Gasteiger partial charge < -0.3 is 9.84 Å². The first kappa shape index (κ1) is 19.0. The van der Waals surface area contributed by atoms with Gasteiger partial charge in [-0.05, 0) is 29.8 Å². The highest BCUT2D eigenvalue weighted by molar-refractivity contribution is 6.39. The van der Waals surface area contributed by atoms with Crippen LogP contribution in [0.4, 0.5) is 0 Å². The molecule has 0 spiro atoms. The minimum atomic E-state index is -1.08. The number of methoxy groups -OCH3 is 1. The molecule has 26 heavy (non-hydrogen) atoms.